The Morgan fingerprint density at radius 2 is 2.20 bits per heavy atom. The van der Waals surface area contributed by atoms with Gasteiger partial charge in [-0.15, -0.1) is 0 Å². The normalized spacial score (nSPS) is 25.1. The molecule has 1 fully saturated rings. The van der Waals surface area contributed by atoms with Crippen LogP contribution in [0.3, 0.4) is 0 Å². The van der Waals surface area contributed by atoms with Crippen molar-refractivity contribution >= 4 is 10.0 Å². The zero-order valence-corrected chi connectivity index (χ0v) is 10.4. The number of allylic oxidation sites excluding steroid dienone is 1. The van der Waals surface area contributed by atoms with Crippen LogP contribution in [0.25, 0.3) is 0 Å². The minimum Gasteiger partial charge on any atom is -0.387 e. The summed E-state index contributed by atoms with van der Waals surface area (Å²) in [6, 6.07) is 0.0199. The van der Waals surface area contributed by atoms with Crippen molar-refractivity contribution in [2.24, 2.45) is 0 Å². The van der Waals surface area contributed by atoms with Gasteiger partial charge in [0, 0.05) is 24.7 Å². The van der Waals surface area contributed by atoms with E-state index in [-0.39, 0.29) is 11.8 Å². The van der Waals surface area contributed by atoms with E-state index in [1.807, 2.05) is 0 Å². The van der Waals surface area contributed by atoms with E-state index in [9.17, 15) is 8.42 Å². The van der Waals surface area contributed by atoms with Crippen LogP contribution < -0.4 is 10.0 Å². The molecule has 5 heteroatoms. The van der Waals surface area contributed by atoms with Crippen molar-refractivity contribution in [1.82, 2.24) is 10.0 Å². The summed E-state index contributed by atoms with van der Waals surface area (Å²) in [7, 11) is -3.07. The molecule has 4 nitrogen and oxygen atoms in total. The molecule has 2 N–H and O–H groups in total. The van der Waals surface area contributed by atoms with E-state index in [1.165, 1.54) is 11.3 Å². The van der Waals surface area contributed by atoms with E-state index in [4.69, 9.17) is 0 Å². The number of sulfonamides is 1. The lowest BCUT2D eigenvalue weighted by Crippen LogP contribution is -2.37. The molecular formula is C10H20N2O2S. The summed E-state index contributed by atoms with van der Waals surface area (Å²) in [5.74, 6) is 0.148. The quantitative estimate of drug-likeness (QED) is 0.759. The Morgan fingerprint density at radius 1 is 1.53 bits per heavy atom. The van der Waals surface area contributed by atoms with Gasteiger partial charge >= 0.3 is 0 Å². The summed E-state index contributed by atoms with van der Waals surface area (Å²) in [5, 5.41) is 3.26. The van der Waals surface area contributed by atoms with E-state index in [1.54, 1.807) is 6.92 Å². The van der Waals surface area contributed by atoms with Crippen molar-refractivity contribution in [3.63, 3.8) is 0 Å². The largest absolute Gasteiger partial charge is 0.387 e. The Bertz CT molecular complexity index is 346. The summed E-state index contributed by atoms with van der Waals surface area (Å²) in [6.45, 7) is 6.54. The summed E-state index contributed by atoms with van der Waals surface area (Å²) in [5.41, 5.74) is 2.51. The van der Waals surface area contributed by atoms with Crippen molar-refractivity contribution < 1.29 is 8.42 Å². The van der Waals surface area contributed by atoms with Crippen LogP contribution >= 0.6 is 0 Å². The zero-order chi connectivity index (χ0) is 11.5. The third-order valence-corrected chi connectivity index (χ3v) is 4.24. The molecule has 88 valence electrons. The van der Waals surface area contributed by atoms with Crippen LogP contribution in [0.2, 0.25) is 0 Å². The van der Waals surface area contributed by atoms with Crippen molar-refractivity contribution in [3.8, 4) is 0 Å². The molecule has 0 bridgehead atoms. The Morgan fingerprint density at radius 3 is 2.73 bits per heavy atom. The highest BCUT2D eigenvalue weighted by Crippen LogP contribution is 2.17. The second-order valence-corrected chi connectivity index (χ2v) is 5.96. The van der Waals surface area contributed by atoms with Crippen molar-refractivity contribution in [3.05, 3.63) is 11.3 Å². The van der Waals surface area contributed by atoms with Crippen LogP contribution in [-0.2, 0) is 10.0 Å². The molecule has 1 aliphatic rings. The van der Waals surface area contributed by atoms with Gasteiger partial charge in [0.05, 0.1) is 5.75 Å². The maximum atomic E-state index is 11.3. The Kier molecular flexibility index (Phi) is 4.16. The molecule has 0 spiro atoms. The molecule has 0 saturated carbocycles. The van der Waals surface area contributed by atoms with Crippen LogP contribution in [0.5, 0.6) is 0 Å². The summed E-state index contributed by atoms with van der Waals surface area (Å²) in [4.78, 5) is 0. The van der Waals surface area contributed by atoms with Crippen molar-refractivity contribution in [1.29, 1.82) is 0 Å². The number of hydrogen-bond donors (Lipinski definition) is 2. The summed E-state index contributed by atoms with van der Waals surface area (Å²) >= 11 is 0. The molecule has 1 rings (SSSR count). The minimum absolute atomic E-state index is 0.0199. The fraction of sp³-hybridized carbons (Fsp3) is 0.800. The van der Waals surface area contributed by atoms with Gasteiger partial charge in [-0.05, 0) is 20.3 Å². The lowest BCUT2D eigenvalue weighted by molar-refractivity contribution is 0.562. The monoisotopic (exact) mass is 232 g/mol. The van der Waals surface area contributed by atoms with Gasteiger partial charge < -0.3 is 5.32 Å². The van der Waals surface area contributed by atoms with Gasteiger partial charge in [-0.3, -0.25) is 0 Å². The predicted octanol–water partition coefficient (Wildman–Crippen LogP) is 0.972. The Balaban J connectivity index is 2.58. The Labute approximate surface area is 92.2 Å². The van der Waals surface area contributed by atoms with E-state index < -0.39 is 10.0 Å². The first-order chi connectivity index (χ1) is 6.98. The average Bonchev–Trinajstić information content (AvgIpc) is 2.64. The minimum atomic E-state index is -3.07. The molecule has 1 heterocycles. The smallest absolute Gasteiger partial charge is 0.211 e. The molecule has 0 aromatic carbocycles. The highest BCUT2D eigenvalue weighted by Gasteiger charge is 2.23. The third-order valence-electron chi connectivity index (χ3n) is 2.78. The van der Waals surface area contributed by atoms with Gasteiger partial charge in [-0.25, -0.2) is 13.1 Å². The fourth-order valence-corrected chi connectivity index (χ4v) is 2.44. The standard InChI is InChI=1S/C10H20N2O2S/c1-4-8(3)10-6-9(7-11-10)12-15(13,14)5-2/h9,11-12H,4-7H2,1-3H3/b10-8-/t9-/m0/s1. The lowest BCUT2D eigenvalue weighted by atomic mass is 10.1. The topological polar surface area (TPSA) is 58.2 Å². The van der Waals surface area contributed by atoms with E-state index in [2.05, 4.69) is 23.9 Å². The SMILES string of the molecule is CC/C(C)=C1/C[C@H](NS(=O)(=O)CC)CN1. The molecule has 1 saturated heterocycles. The number of hydrogen-bond acceptors (Lipinski definition) is 3. The van der Waals surface area contributed by atoms with E-state index in [0.29, 0.717) is 6.54 Å². The molecule has 0 aromatic heterocycles. The van der Waals surface area contributed by atoms with Crippen LogP contribution in [-0.4, -0.2) is 26.8 Å². The molecule has 1 atom stereocenters. The predicted molar refractivity (Wildman–Crippen MR) is 62.0 cm³/mol. The molecule has 0 radical (unpaired) electrons. The highest BCUT2D eigenvalue weighted by molar-refractivity contribution is 7.89. The average molecular weight is 232 g/mol. The molecule has 1 aliphatic heterocycles. The third kappa shape index (κ3) is 3.50. The van der Waals surface area contributed by atoms with Gasteiger partial charge in [0.25, 0.3) is 0 Å². The number of rotatable bonds is 4. The van der Waals surface area contributed by atoms with Crippen LogP contribution in [0.15, 0.2) is 11.3 Å². The highest BCUT2D eigenvalue weighted by atomic mass is 32.2. The molecular weight excluding hydrogens is 212 g/mol. The molecule has 0 amide bonds. The zero-order valence-electron chi connectivity index (χ0n) is 9.63. The van der Waals surface area contributed by atoms with E-state index >= 15 is 0 Å². The van der Waals surface area contributed by atoms with Crippen LogP contribution in [0, 0.1) is 0 Å². The lowest BCUT2D eigenvalue weighted by Gasteiger charge is -2.09. The molecule has 0 aromatic rings. The maximum Gasteiger partial charge on any atom is 0.211 e. The second-order valence-electron chi connectivity index (χ2n) is 3.92. The summed E-state index contributed by atoms with van der Waals surface area (Å²) in [6.07, 6.45) is 1.80. The molecule has 0 aliphatic carbocycles. The van der Waals surface area contributed by atoms with Crippen LogP contribution in [0.1, 0.15) is 33.6 Å². The van der Waals surface area contributed by atoms with Crippen LogP contribution in [0.4, 0.5) is 0 Å². The first-order valence-corrected chi connectivity index (χ1v) is 7.06. The van der Waals surface area contributed by atoms with Gasteiger partial charge in [0.15, 0.2) is 0 Å². The van der Waals surface area contributed by atoms with E-state index in [0.717, 1.165) is 12.8 Å². The fourth-order valence-electron chi connectivity index (χ4n) is 1.60. The van der Waals surface area contributed by atoms with Gasteiger partial charge in [-0.1, -0.05) is 12.5 Å². The van der Waals surface area contributed by atoms with Crippen molar-refractivity contribution in [2.45, 2.75) is 39.7 Å². The second kappa shape index (κ2) is 4.99. The van der Waals surface area contributed by atoms with Gasteiger partial charge in [0.1, 0.15) is 0 Å². The van der Waals surface area contributed by atoms with Gasteiger partial charge in [0.2, 0.25) is 10.0 Å². The van der Waals surface area contributed by atoms with Gasteiger partial charge in [-0.2, -0.15) is 0 Å². The first kappa shape index (κ1) is 12.5. The molecule has 15 heavy (non-hydrogen) atoms. The maximum absolute atomic E-state index is 11.3. The van der Waals surface area contributed by atoms with Crippen molar-refractivity contribution in [2.75, 3.05) is 12.3 Å². The Hall–Kier alpha value is -0.550. The first-order valence-electron chi connectivity index (χ1n) is 5.41. The molecule has 0 unspecified atom stereocenters. The number of nitrogens with one attached hydrogen (secondary N) is 2. The summed E-state index contributed by atoms with van der Waals surface area (Å²) < 4.78 is 25.4.